The van der Waals surface area contributed by atoms with Crippen LogP contribution in [0.1, 0.15) is 0 Å². The molecular weight excluding hydrogens is 247 g/mol. The van der Waals surface area contributed by atoms with Gasteiger partial charge in [-0.25, -0.2) is 4.57 Å². The van der Waals surface area contributed by atoms with E-state index in [1.807, 2.05) is 0 Å². The van der Waals surface area contributed by atoms with Crippen LogP contribution in [0.5, 0.6) is 0 Å². The van der Waals surface area contributed by atoms with Crippen LogP contribution in [-0.2, 0) is 13.8 Å². The summed E-state index contributed by atoms with van der Waals surface area (Å²) in [7, 11) is -4.73. The molecule has 9 nitrogen and oxygen atoms in total. The van der Waals surface area contributed by atoms with Gasteiger partial charge in [0.1, 0.15) is 24.4 Å². The number of phosphoric ester groups is 1. The van der Waals surface area contributed by atoms with Gasteiger partial charge < -0.3 is 34.9 Å². The molecule has 0 saturated carbocycles. The Morgan fingerprint density at radius 2 is 1.62 bits per heavy atom. The molecule has 5 atom stereocenters. The summed E-state index contributed by atoms with van der Waals surface area (Å²) in [5.41, 5.74) is 0. The van der Waals surface area contributed by atoms with Crippen molar-refractivity contribution < 1.29 is 44.0 Å². The summed E-state index contributed by atoms with van der Waals surface area (Å²) in [4.78, 5) is 16.8. The highest BCUT2D eigenvalue weighted by atomic mass is 31.2. The van der Waals surface area contributed by atoms with Gasteiger partial charge in [-0.1, -0.05) is 0 Å². The fourth-order valence-corrected chi connectivity index (χ4v) is 1.58. The van der Waals surface area contributed by atoms with Crippen molar-refractivity contribution in [2.75, 3.05) is 6.61 Å². The van der Waals surface area contributed by atoms with Crippen molar-refractivity contribution in [3.63, 3.8) is 0 Å². The highest BCUT2D eigenvalue weighted by Gasteiger charge is 2.43. The van der Waals surface area contributed by atoms with E-state index < -0.39 is 45.1 Å². The smallest absolute Gasteiger partial charge is 0.387 e. The Hall–Kier alpha value is -0.0900. The van der Waals surface area contributed by atoms with Crippen LogP contribution in [0, 0.1) is 0 Å². The Kier molecular flexibility index (Phi) is 4.41. The maximum Gasteiger partial charge on any atom is 0.469 e. The number of hydrogen-bond donors (Lipinski definition) is 6. The predicted molar refractivity (Wildman–Crippen MR) is 46.9 cm³/mol. The molecule has 1 aliphatic rings. The molecular formula is C6H13O9P. The molecule has 1 heterocycles. The lowest BCUT2D eigenvalue weighted by Crippen LogP contribution is -2.58. The standard InChI is InChI=1S/C6H13O9P/c7-3-2(1-14-16(11,12)13)15-6(10)5(9)4(3)8/h2-10H,1H2,(H2,11,12,13)/t2?,3-,4-,5?,6?/m1/s1. The summed E-state index contributed by atoms with van der Waals surface area (Å²) in [5.74, 6) is 0. The number of aliphatic hydroxyl groups excluding tert-OH is 4. The molecule has 0 aromatic heterocycles. The second kappa shape index (κ2) is 5.05. The SMILES string of the molecule is O=P(O)(O)OCC1OC(O)C(O)[C@H](O)[C@@H]1O. The quantitative estimate of drug-likeness (QED) is 0.289. The summed E-state index contributed by atoms with van der Waals surface area (Å²) in [6, 6.07) is 0. The number of phosphoric acid groups is 1. The van der Waals surface area contributed by atoms with Crippen LogP contribution in [0.2, 0.25) is 0 Å². The van der Waals surface area contributed by atoms with E-state index in [9.17, 15) is 14.8 Å². The van der Waals surface area contributed by atoms with Crippen LogP contribution in [-0.4, -0.2) is 67.5 Å². The summed E-state index contributed by atoms with van der Waals surface area (Å²) in [5, 5.41) is 36.7. The molecule has 1 fully saturated rings. The third-order valence-corrected chi connectivity index (χ3v) is 2.58. The minimum atomic E-state index is -4.73. The lowest BCUT2D eigenvalue weighted by atomic mass is 10.00. The molecule has 3 unspecified atom stereocenters. The normalized spacial score (nSPS) is 41.0. The topological polar surface area (TPSA) is 157 Å². The first-order valence-electron chi connectivity index (χ1n) is 4.30. The van der Waals surface area contributed by atoms with E-state index in [0.717, 1.165) is 0 Å². The zero-order valence-corrected chi connectivity index (χ0v) is 8.84. The third kappa shape index (κ3) is 3.45. The molecule has 0 amide bonds. The minimum absolute atomic E-state index is 0.730. The van der Waals surface area contributed by atoms with E-state index in [2.05, 4.69) is 9.26 Å². The Morgan fingerprint density at radius 3 is 2.12 bits per heavy atom. The lowest BCUT2D eigenvalue weighted by molar-refractivity contribution is -0.285. The van der Waals surface area contributed by atoms with Gasteiger partial charge in [-0.2, -0.15) is 0 Å². The Labute approximate surface area is 90.1 Å². The Morgan fingerprint density at radius 1 is 1.06 bits per heavy atom. The van der Waals surface area contributed by atoms with Crippen LogP contribution in [0.25, 0.3) is 0 Å². The molecule has 10 heteroatoms. The second-order valence-corrected chi connectivity index (χ2v) is 4.56. The highest BCUT2D eigenvalue weighted by Crippen LogP contribution is 2.36. The molecule has 0 aromatic carbocycles. The summed E-state index contributed by atoms with van der Waals surface area (Å²) in [6.07, 6.45) is -8.11. The van der Waals surface area contributed by atoms with Crippen molar-refractivity contribution >= 4 is 7.82 Å². The van der Waals surface area contributed by atoms with E-state index in [4.69, 9.17) is 20.0 Å². The van der Waals surface area contributed by atoms with Crippen LogP contribution in [0.3, 0.4) is 0 Å². The van der Waals surface area contributed by atoms with Crippen molar-refractivity contribution in [1.82, 2.24) is 0 Å². The van der Waals surface area contributed by atoms with E-state index in [1.165, 1.54) is 0 Å². The average molecular weight is 260 g/mol. The van der Waals surface area contributed by atoms with Gasteiger partial charge in [0, 0.05) is 0 Å². The van der Waals surface area contributed by atoms with Crippen LogP contribution < -0.4 is 0 Å². The molecule has 1 saturated heterocycles. The fourth-order valence-electron chi connectivity index (χ4n) is 1.24. The fraction of sp³-hybridized carbons (Fsp3) is 1.00. The highest BCUT2D eigenvalue weighted by molar-refractivity contribution is 7.46. The number of hydrogen-bond acceptors (Lipinski definition) is 7. The largest absolute Gasteiger partial charge is 0.469 e. The Balaban J connectivity index is 2.57. The van der Waals surface area contributed by atoms with Crippen LogP contribution in [0.15, 0.2) is 0 Å². The van der Waals surface area contributed by atoms with Gasteiger partial charge in [0.2, 0.25) is 0 Å². The molecule has 16 heavy (non-hydrogen) atoms. The molecule has 6 N–H and O–H groups in total. The van der Waals surface area contributed by atoms with Crippen molar-refractivity contribution in [2.24, 2.45) is 0 Å². The molecule has 96 valence electrons. The summed E-state index contributed by atoms with van der Waals surface area (Å²) < 4.78 is 19.0. The predicted octanol–water partition coefficient (Wildman–Crippen LogP) is -3.10. The number of aliphatic hydroxyl groups is 4. The van der Waals surface area contributed by atoms with Gasteiger partial charge in [0.15, 0.2) is 6.29 Å². The first-order valence-corrected chi connectivity index (χ1v) is 5.83. The van der Waals surface area contributed by atoms with Crippen LogP contribution in [0.4, 0.5) is 0 Å². The number of rotatable bonds is 3. The third-order valence-electron chi connectivity index (χ3n) is 2.09. The molecule has 0 aliphatic carbocycles. The minimum Gasteiger partial charge on any atom is -0.387 e. The molecule has 0 aromatic rings. The van der Waals surface area contributed by atoms with Crippen molar-refractivity contribution in [2.45, 2.75) is 30.7 Å². The molecule has 0 bridgehead atoms. The average Bonchev–Trinajstić information content (AvgIpc) is 2.17. The maximum atomic E-state index is 10.4. The lowest BCUT2D eigenvalue weighted by Gasteiger charge is -2.38. The van der Waals surface area contributed by atoms with E-state index in [-0.39, 0.29) is 0 Å². The van der Waals surface area contributed by atoms with Gasteiger partial charge in [-0.15, -0.1) is 0 Å². The second-order valence-electron chi connectivity index (χ2n) is 3.32. The monoisotopic (exact) mass is 260 g/mol. The summed E-state index contributed by atoms with van der Waals surface area (Å²) >= 11 is 0. The Bertz CT molecular complexity index is 277. The zero-order valence-electron chi connectivity index (χ0n) is 7.95. The number of ether oxygens (including phenoxy) is 1. The van der Waals surface area contributed by atoms with Gasteiger partial charge in [-0.3, -0.25) is 4.52 Å². The molecule has 1 aliphatic heterocycles. The van der Waals surface area contributed by atoms with Gasteiger partial charge >= 0.3 is 7.82 Å². The van der Waals surface area contributed by atoms with Crippen LogP contribution >= 0.6 is 7.82 Å². The molecule has 0 spiro atoms. The van der Waals surface area contributed by atoms with Gasteiger partial charge in [-0.05, 0) is 0 Å². The van der Waals surface area contributed by atoms with E-state index >= 15 is 0 Å². The first kappa shape index (κ1) is 14.0. The van der Waals surface area contributed by atoms with E-state index in [0.29, 0.717) is 0 Å². The van der Waals surface area contributed by atoms with E-state index in [1.54, 1.807) is 0 Å². The van der Waals surface area contributed by atoms with Crippen molar-refractivity contribution in [1.29, 1.82) is 0 Å². The molecule has 1 rings (SSSR count). The maximum absolute atomic E-state index is 10.4. The van der Waals surface area contributed by atoms with Gasteiger partial charge in [0.25, 0.3) is 0 Å². The zero-order chi connectivity index (χ0) is 12.5. The van der Waals surface area contributed by atoms with Gasteiger partial charge in [0.05, 0.1) is 6.61 Å². The molecule has 0 radical (unpaired) electrons. The first-order chi connectivity index (χ1) is 7.22. The van der Waals surface area contributed by atoms with Crippen molar-refractivity contribution in [3.8, 4) is 0 Å². The summed E-state index contributed by atoms with van der Waals surface area (Å²) in [6.45, 7) is -0.730. The van der Waals surface area contributed by atoms with Crippen molar-refractivity contribution in [3.05, 3.63) is 0 Å².